The number of H-pyrrole nitrogens is 1. The summed E-state index contributed by atoms with van der Waals surface area (Å²) in [6, 6.07) is 1.45. The average molecular weight is 164 g/mol. The van der Waals surface area contributed by atoms with Crippen LogP contribution < -0.4 is 5.56 Å². The number of hydrogen-bond acceptors (Lipinski definition) is 2. The lowest BCUT2D eigenvalue weighted by atomic mass is 9.83. The van der Waals surface area contributed by atoms with Crippen molar-refractivity contribution in [2.45, 2.75) is 25.7 Å². The van der Waals surface area contributed by atoms with E-state index in [4.69, 9.17) is 0 Å². The fraction of sp³-hybridized carbons (Fsp3) is 0.556. The molecule has 3 nitrogen and oxygen atoms in total. The van der Waals surface area contributed by atoms with Crippen LogP contribution in [0.5, 0.6) is 0 Å². The molecule has 0 aromatic carbocycles. The summed E-state index contributed by atoms with van der Waals surface area (Å²) in [5, 5.41) is 0. The SMILES string of the molecule is O=c1ccnc(CC2CCC2)[nH]1. The Kier molecular flexibility index (Phi) is 1.94. The Morgan fingerprint density at radius 3 is 3.00 bits per heavy atom. The molecule has 0 spiro atoms. The standard InChI is InChI=1S/C9H12N2O/c12-9-4-5-10-8(11-9)6-7-2-1-3-7/h4-5,7H,1-3,6H2,(H,10,11,12). The summed E-state index contributed by atoms with van der Waals surface area (Å²) in [7, 11) is 0. The van der Waals surface area contributed by atoms with Crippen molar-refractivity contribution in [1.82, 2.24) is 9.97 Å². The van der Waals surface area contributed by atoms with Gasteiger partial charge in [0.1, 0.15) is 5.82 Å². The van der Waals surface area contributed by atoms with Gasteiger partial charge in [-0.2, -0.15) is 0 Å². The first-order valence-corrected chi connectivity index (χ1v) is 4.39. The van der Waals surface area contributed by atoms with Crippen LogP contribution in [0.1, 0.15) is 25.1 Å². The van der Waals surface area contributed by atoms with Crippen molar-refractivity contribution in [3.05, 3.63) is 28.4 Å². The number of nitrogens with zero attached hydrogens (tertiary/aromatic N) is 1. The molecule has 0 bridgehead atoms. The minimum absolute atomic E-state index is 0.0423. The van der Waals surface area contributed by atoms with Gasteiger partial charge >= 0.3 is 0 Å². The van der Waals surface area contributed by atoms with Crippen molar-refractivity contribution < 1.29 is 0 Å². The van der Waals surface area contributed by atoms with E-state index < -0.39 is 0 Å². The van der Waals surface area contributed by atoms with Gasteiger partial charge in [-0.15, -0.1) is 0 Å². The van der Waals surface area contributed by atoms with Crippen LogP contribution in [0.15, 0.2) is 17.1 Å². The molecule has 3 heteroatoms. The van der Waals surface area contributed by atoms with Gasteiger partial charge in [-0.25, -0.2) is 4.98 Å². The molecule has 64 valence electrons. The van der Waals surface area contributed by atoms with Crippen LogP contribution in [0, 0.1) is 5.92 Å². The Labute approximate surface area is 70.9 Å². The topological polar surface area (TPSA) is 45.8 Å². The third-order valence-electron chi connectivity index (χ3n) is 2.43. The molecule has 1 aliphatic carbocycles. The molecule has 12 heavy (non-hydrogen) atoms. The van der Waals surface area contributed by atoms with Gasteiger partial charge in [-0.3, -0.25) is 4.79 Å². The first kappa shape index (κ1) is 7.53. The van der Waals surface area contributed by atoms with Crippen molar-refractivity contribution in [2.24, 2.45) is 5.92 Å². The van der Waals surface area contributed by atoms with E-state index in [2.05, 4.69) is 9.97 Å². The van der Waals surface area contributed by atoms with Crippen molar-refractivity contribution in [3.8, 4) is 0 Å². The van der Waals surface area contributed by atoms with Gasteiger partial charge in [0, 0.05) is 18.7 Å². The van der Waals surface area contributed by atoms with E-state index in [0.717, 1.165) is 18.2 Å². The average Bonchev–Trinajstić information content (AvgIpc) is 1.97. The lowest BCUT2D eigenvalue weighted by molar-refractivity contribution is 0.309. The van der Waals surface area contributed by atoms with Crippen LogP contribution in [0.4, 0.5) is 0 Å². The smallest absolute Gasteiger partial charge is 0.250 e. The Bertz CT molecular complexity index is 314. The van der Waals surface area contributed by atoms with Gasteiger partial charge in [-0.1, -0.05) is 19.3 Å². The number of aromatic amines is 1. The number of hydrogen-bond donors (Lipinski definition) is 1. The van der Waals surface area contributed by atoms with E-state index >= 15 is 0 Å². The number of aromatic nitrogens is 2. The highest BCUT2D eigenvalue weighted by Gasteiger charge is 2.18. The van der Waals surface area contributed by atoms with E-state index in [1.54, 1.807) is 6.20 Å². The molecule has 1 saturated carbocycles. The molecule has 0 unspecified atom stereocenters. The molecule has 0 atom stereocenters. The largest absolute Gasteiger partial charge is 0.311 e. The second-order valence-electron chi connectivity index (χ2n) is 3.38. The quantitative estimate of drug-likeness (QED) is 0.711. The van der Waals surface area contributed by atoms with E-state index in [1.165, 1.54) is 25.3 Å². The maximum absolute atomic E-state index is 10.9. The molecule has 1 heterocycles. The Hall–Kier alpha value is -1.12. The van der Waals surface area contributed by atoms with Gasteiger partial charge < -0.3 is 4.98 Å². The molecular weight excluding hydrogens is 152 g/mol. The molecule has 1 fully saturated rings. The molecule has 0 radical (unpaired) electrons. The van der Waals surface area contributed by atoms with Crippen LogP contribution in [0.25, 0.3) is 0 Å². The summed E-state index contributed by atoms with van der Waals surface area (Å²) >= 11 is 0. The predicted molar refractivity (Wildman–Crippen MR) is 45.9 cm³/mol. The molecule has 1 aliphatic rings. The van der Waals surface area contributed by atoms with Crippen molar-refractivity contribution in [1.29, 1.82) is 0 Å². The van der Waals surface area contributed by atoms with E-state index in [9.17, 15) is 4.79 Å². The van der Waals surface area contributed by atoms with E-state index in [1.807, 2.05) is 0 Å². The number of rotatable bonds is 2. The fourth-order valence-corrected chi connectivity index (χ4v) is 1.49. The fourth-order valence-electron chi connectivity index (χ4n) is 1.49. The number of nitrogens with one attached hydrogen (secondary N) is 1. The Morgan fingerprint density at radius 2 is 2.42 bits per heavy atom. The van der Waals surface area contributed by atoms with Gasteiger partial charge in [0.25, 0.3) is 5.56 Å². The van der Waals surface area contributed by atoms with Crippen molar-refractivity contribution in [3.63, 3.8) is 0 Å². The van der Waals surface area contributed by atoms with Gasteiger partial charge in [0.05, 0.1) is 0 Å². The molecule has 0 amide bonds. The minimum Gasteiger partial charge on any atom is -0.311 e. The normalized spacial score (nSPS) is 17.3. The third-order valence-corrected chi connectivity index (χ3v) is 2.43. The zero-order valence-corrected chi connectivity index (χ0v) is 6.92. The minimum atomic E-state index is -0.0423. The summed E-state index contributed by atoms with van der Waals surface area (Å²) < 4.78 is 0. The van der Waals surface area contributed by atoms with Crippen molar-refractivity contribution >= 4 is 0 Å². The van der Waals surface area contributed by atoms with Crippen molar-refractivity contribution in [2.75, 3.05) is 0 Å². The van der Waals surface area contributed by atoms with Gasteiger partial charge in [0.15, 0.2) is 0 Å². The monoisotopic (exact) mass is 164 g/mol. The molecular formula is C9H12N2O. The van der Waals surface area contributed by atoms with Crippen LogP contribution in [0.3, 0.4) is 0 Å². The predicted octanol–water partition coefficient (Wildman–Crippen LogP) is 1.11. The molecule has 0 aliphatic heterocycles. The molecule has 0 saturated heterocycles. The summed E-state index contributed by atoms with van der Waals surface area (Å²) in [5.74, 6) is 1.60. The second kappa shape index (κ2) is 3.09. The Balaban J connectivity index is 2.06. The highest BCUT2D eigenvalue weighted by atomic mass is 16.1. The highest BCUT2D eigenvalue weighted by Crippen LogP contribution is 2.28. The lowest BCUT2D eigenvalue weighted by Gasteiger charge is -2.24. The molecule has 1 N–H and O–H groups in total. The maximum atomic E-state index is 10.9. The first-order valence-electron chi connectivity index (χ1n) is 4.39. The molecule has 2 rings (SSSR count). The van der Waals surface area contributed by atoms with E-state index in [-0.39, 0.29) is 5.56 Å². The second-order valence-corrected chi connectivity index (χ2v) is 3.38. The Morgan fingerprint density at radius 1 is 1.58 bits per heavy atom. The van der Waals surface area contributed by atoms with Gasteiger partial charge in [0.2, 0.25) is 0 Å². The van der Waals surface area contributed by atoms with Crippen LogP contribution in [-0.4, -0.2) is 9.97 Å². The molecule has 1 aromatic heterocycles. The van der Waals surface area contributed by atoms with Crippen LogP contribution in [0.2, 0.25) is 0 Å². The third kappa shape index (κ3) is 1.55. The summed E-state index contributed by atoms with van der Waals surface area (Å²) in [4.78, 5) is 17.7. The molecule has 1 aromatic rings. The van der Waals surface area contributed by atoms with Crippen LogP contribution in [-0.2, 0) is 6.42 Å². The zero-order chi connectivity index (χ0) is 8.39. The lowest BCUT2D eigenvalue weighted by Crippen LogP contribution is -2.18. The van der Waals surface area contributed by atoms with Crippen LogP contribution >= 0.6 is 0 Å². The summed E-state index contributed by atoms with van der Waals surface area (Å²) in [5.41, 5.74) is -0.0423. The zero-order valence-electron chi connectivity index (χ0n) is 6.92. The summed E-state index contributed by atoms with van der Waals surface area (Å²) in [6.07, 6.45) is 6.43. The van der Waals surface area contributed by atoms with E-state index in [0.29, 0.717) is 0 Å². The first-order chi connectivity index (χ1) is 5.84. The highest BCUT2D eigenvalue weighted by molar-refractivity contribution is 4.92. The van der Waals surface area contributed by atoms with Gasteiger partial charge in [-0.05, 0) is 5.92 Å². The summed E-state index contributed by atoms with van der Waals surface area (Å²) in [6.45, 7) is 0. The maximum Gasteiger partial charge on any atom is 0.250 e.